The molecule has 38 heavy (non-hydrogen) atoms. The summed E-state index contributed by atoms with van der Waals surface area (Å²) >= 11 is 7.23. The quantitative estimate of drug-likeness (QED) is 0.303. The van der Waals surface area contributed by atoms with Gasteiger partial charge >= 0.3 is 5.97 Å². The number of carbonyl (C=O) groups is 1. The molecule has 1 unspecified atom stereocenters. The van der Waals surface area contributed by atoms with Crippen molar-refractivity contribution in [3.8, 4) is 0 Å². The third kappa shape index (κ3) is 5.73. The summed E-state index contributed by atoms with van der Waals surface area (Å²) in [5, 5.41) is 1.04. The molecule has 0 saturated carbocycles. The van der Waals surface area contributed by atoms with Crippen LogP contribution in [0, 0.1) is 12.8 Å². The van der Waals surface area contributed by atoms with E-state index in [0.29, 0.717) is 31.3 Å². The molecule has 0 aliphatic carbocycles. The van der Waals surface area contributed by atoms with Crippen LogP contribution in [0.3, 0.4) is 0 Å². The molecule has 2 aliphatic rings. The van der Waals surface area contributed by atoms with E-state index in [-0.39, 0.29) is 32.8 Å². The van der Waals surface area contributed by atoms with E-state index in [1.165, 1.54) is 0 Å². The van der Waals surface area contributed by atoms with Crippen molar-refractivity contribution in [2.75, 3.05) is 61.6 Å². The molecule has 13 heteroatoms. The Bertz CT molecular complexity index is 1440. The summed E-state index contributed by atoms with van der Waals surface area (Å²) in [6.07, 6.45) is 1.59. The van der Waals surface area contributed by atoms with Gasteiger partial charge < -0.3 is 19.3 Å². The van der Waals surface area contributed by atoms with Gasteiger partial charge in [-0.15, -0.1) is 0 Å². The Labute approximate surface area is 230 Å². The van der Waals surface area contributed by atoms with Crippen molar-refractivity contribution in [1.82, 2.24) is 15.0 Å². The lowest BCUT2D eigenvalue weighted by molar-refractivity contribution is 0.0531. The average Bonchev–Trinajstić information content (AvgIpc) is 3.31. The second kappa shape index (κ2) is 11.3. The first-order chi connectivity index (χ1) is 18.2. The number of aromatic nitrogens is 3. The molecule has 3 aromatic rings. The van der Waals surface area contributed by atoms with Crippen LogP contribution in [0.5, 0.6) is 0 Å². The molecular formula is C25H30ClN5O5S2. The Morgan fingerprint density at radius 2 is 1.97 bits per heavy atom. The van der Waals surface area contributed by atoms with E-state index in [9.17, 15) is 13.2 Å². The highest BCUT2D eigenvalue weighted by Crippen LogP contribution is 2.33. The van der Waals surface area contributed by atoms with Crippen molar-refractivity contribution < 1.29 is 22.7 Å². The molecule has 0 N–H and O–H groups in total. The topological polar surface area (TPSA) is 115 Å². The highest BCUT2D eigenvalue weighted by molar-refractivity contribution is 7.93. The van der Waals surface area contributed by atoms with Gasteiger partial charge in [-0.05, 0) is 62.4 Å². The highest BCUT2D eigenvalue weighted by Gasteiger charge is 2.31. The number of rotatable bonds is 7. The van der Waals surface area contributed by atoms with Gasteiger partial charge in [-0.2, -0.15) is 4.98 Å². The van der Waals surface area contributed by atoms with Crippen LogP contribution in [0.15, 0.2) is 22.5 Å². The molecule has 2 saturated heterocycles. The maximum absolute atomic E-state index is 13.3. The van der Waals surface area contributed by atoms with Gasteiger partial charge in [0.2, 0.25) is 19.5 Å². The Morgan fingerprint density at radius 1 is 1.18 bits per heavy atom. The molecule has 10 nitrogen and oxygen atoms in total. The summed E-state index contributed by atoms with van der Waals surface area (Å²) in [4.78, 5) is 30.0. The Morgan fingerprint density at radius 3 is 2.74 bits per heavy atom. The summed E-state index contributed by atoms with van der Waals surface area (Å²) in [6.45, 7) is 7.82. The lowest BCUT2D eigenvalue weighted by Crippen LogP contribution is -2.39. The van der Waals surface area contributed by atoms with Crippen LogP contribution in [0.25, 0.3) is 10.9 Å². The summed E-state index contributed by atoms with van der Waals surface area (Å²) in [5.41, 5.74) is 2.18. The number of hydrogen-bond donors (Lipinski definition) is 0. The third-order valence-corrected chi connectivity index (χ3v) is 10.4. The van der Waals surface area contributed by atoms with E-state index in [2.05, 4.69) is 30.8 Å². The largest absolute Gasteiger partial charge is 0.462 e. The second-order valence-corrected chi connectivity index (χ2v) is 13.0. The van der Waals surface area contributed by atoms with Gasteiger partial charge in [0.05, 0.1) is 36.8 Å². The number of hydrogen-bond acceptors (Lipinski definition) is 11. The van der Waals surface area contributed by atoms with Crippen molar-refractivity contribution in [2.45, 2.75) is 31.0 Å². The van der Waals surface area contributed by atoms with Crippen LogP contribution in [0.4, 0.5) is 11.5 Å². The van der Waals surface area contributed by atoms with Gasteiger partial charge in [-0.3, -0.25) is 0 Å². The summed E-state index contributed by atoms with van der Waals surface area (Å²) in [6, 6.07) is 6.10. The smallest absolute Gasteiger partial charge is 0.350 e. The lowest BCUT2D eigenvalue weighted by Gasteiger charge is -2.34. The fourth-order valence-corrected chi connectivity index (χ4v) is 8.14. The normalized spacial score (nSPS) is 18.7. The van der Waals surface area contributed by atoms with Crippen LogP contribution in [0.2, 0.25) is 5.28 Å². The lowest BCUT2D eigenvalue weighted by atomic mass is 9.99. The van der Waals surface area contributed by atoms with Crippen LogP contribution in [0.1, 0.15) is 35.1 Å². The van der Waals surface area contributed by atoms with E-state index >= 15 is 0 Å². The fraction of sp³-hybridized carbons (Fsp3) is 0.520. The highest BCUT2D eigenvalue weighted by atomic mass is 35.5. The second-order valence-electron chi connectivity index (χ2n) is 9.47. The number of halogens is 1. The molecule has 1 atom stereocenters. The van der Waals surface area contributed by atoms with Crippen LogP contribution < -0.4 is 9.80 Å². The van der Waals surface area contributed by atoms with Crippen molar-refractivity contribution in [1.29, 1.82) is 0 Å². The van der Waals surface area contributed by atoms with Crippen molar-refractivity contribution >= 4 is 61.2 Å². The zero-order valence-electron chi connectivity index (χ0n) is 21.4. The predicted molar refractivity (Wildman–Crippen MR) is 147 cm³/mol. The number of piperidine rings is 1. The van der Waals surface area contributed by atoms with Gasteiger partial charge in [0.15, 0.2) is 0 Å². The Hall–Kier alpha value is -2.54. The number of benzene rings is 1. The molecule has 0 amide bonds. The number of sulfone groups is 1. The van der Waals surface area contributed by atoms with Crippen LogP contribution in [-0.4, -0.2) is 81.1 Å². The van der Waals surface area contributed by atoms with E-state index in [1.807, 2.05) is 12.1 Å². The van der Waals surface area contributed by atoms with Gasteiger partial charge in [0.1, 0.15) is 10.7 Å². The summed E-state index contributed by atoms with van der Waals surface area (Å²) in [5.74, 6) is -0.0146. The number of thiazole rings is 1. The summed E-state index contributed by atoms with van der Waals surface area (Å²) in [7, 11) is -3.69. The first kappa shape index (κ1) is 27.0. The number of aryl methyl sites for hydroxylation is 1. The zero-order chi connectivity index (χ0) is 26.9. The first-order valence-corrected chi connectivity index (χ1v) is 15.5. The standard InChI is InChI=1S/C25H30ClN5O5S2/c1-3-36-23(32)21-16(2)27-25(37-21)38(33,34)15-17-5-4-8-31(14-17)22-19-7-6-18(30-9-11-35-12-10-30)13-20(19)28-24(26)29-22/h6-7,13,17H,3-5,8-12,14-15H2,1-2H3. The maximum Gasteiger partial charge on any atom is 0.350 e. The fourth-order valence-electron chi connectivity index (χ4n) is 5.00. The number of nitrogens with zero attached hydrogens (tertiary/aromatic N) is 5. The van der Waals surface area contributed by atoms with Gasteiger partial charge in [0.25, 0.3) is 0 Å². The number of carbonyl (C=O) groups excluding carboxylic acids is 1. The molecule has 5 rings (SSSR count). The molecular weight excluding hydrogens is 550 g/mol. The van der Waals surface area contributed by atoms with Gasteiger partial charge in [-0.25, -0.2) is 23.2 Å². The molecule has 0 radical (unpaired) electrons. The van der Waals surface area contributed by atoms with E-state index in [4.69, 9.17) is 21.1 Å². The molecule has 2 aromatic heterocycles. The number of morpholine rings is 1. The molecule has 0 spiro atoms. The molecule has 0 bridgehead atoms. The minimum atomic E-state index is -3.69. The number of fused-ring (bicyclic) bond motifs is 1. The van der Waals surface area contributed by atoms with Gasteiger partial charge in [0, 0.05) is 37.3 Å². The van der Waals surface area contributed by atoms with E-state index in [1.54, 1.807) is 13.8 Å². The zero-order valence-corrected chi connectivity index (χ0v) is 23.7. The SMILES string of the molecule is CCOC(=O)c1sc(S(=O)(=O)CC2CCCN(c3nc(Cl)nc4cc(N5CCOCC5)ccc34)C2)nc1C. The van der Waals surface area contributed by atoms with E-state index < -0.39 is 15.8 Å². The first-order valence-electron chi connectivity index (χ1n) is 12.7. The molecule has 204 valence electrons. The molecule has 2 fully saturated rings. The van der Waals surface area contributed by atoms with Crippen molar-refractivity contribution in [2.24, 2.45) is 5.92 Å². The van der Waals surface area contributed by atoms with E-state index in [0.717, 1.165) is 60.4 Å². The number of anilines is 2. The summed E-state index contributed by atoms with van der Waals surface area (Å²) < 4.78 is 37.0. The Balaban J connectivity index is 1.36. The number of ether oxygens (including phenoxy) is 2. The minimum absolute atomic E-state index is 0.0404. The van der Waals surface area contributed by atoms with Crippen LogP contribution >= 0.6 is 22.9 Å². The monoisotopic (exact) mass is 579 g/mol. The maximum atomic E-state index is 13.3. The number of esters is 1. The molecule has 4 heterocycles. The average molecular weight is 580 g/mol. The van der Waals surface area contributed by atoms with Crippen molar-refractivity contribution in [3.63, 3.8) is 0 Å². The Kier molecular flexibility index (Phi) is 8.03. The molecule has 1 aromatic carbocycles. The van der Waals surface area contributed by atoms with Crippen LogP contribution in [-0.2, 0) is 19.3 Å². The van der Waals surface area contributed by atoms with Gasteiger partial charge in [-0.1, -0.05) is 11.3 Å². The minimum Gasteiger partial charge on any atom is -0.462 e. The third-order valence-electron chi connectivity index (χ3n) is 6.79. The predicted octanol–water partition coefficient (Wildman–Crippen LogP) is 3.75. The molecule has 2 aliphatic heterocycles. The van der Waals surface area contributed by atoms with Crippen molar-refractivity contribution in [3.05, 3.63) is 34.1 Å².